The summed E-state index contributed by atoms with van der Waals surface area (Å²) >= 11 is 0. The Morgan fingerprint density at radius 2 is 2.11 bits per heavy atom. The van der Waals surface area contributed by atoms with Crippen LogP contribution in [-0.4, -0.2) is 50.8 Å². The zero-order valence-electron chi connectivity index (χ0n) is 11.9. The largest absolute Gasteiger partial charge is 0.374 e. The predicted molar refractivity (Wildman–Crippen MR) is 77.4 cm³/mol. The zero-order valence-corrected chi connectivity index (χ0v) is 11.9. The van der Waals surface area contributed by atoms with Gasteiger partial charge in [0.15, 0.2) is 0 Å². The van der Waals surface area contributed by atoms with E-state index in [1.54, 1.807) is 0 Å². The van der Waals surface area contributed by atoms with E-state index in [1.807, 2.05) is 0 Å². The Kier molecular flexibility index (Phi) is 3.87. The molecule has 1 saturated heterocycles. The van der Waals surface area contributed by atoms with E-state index >= 15 is 0 Å². The number of likely N-dealkylation sites (N-methyl/N-ethyl adjacent to an activating group) is 2. The van der Waals surface area contributed by atoms with Crippen molar-refractivity contribution >= 4 is 0 Å². The van der Waals surface area contributed by atoms with Gasteiger partial charge in [0.2, 0.25) is 0 Å². The molecule has 1 aliphatic carbocycles. The van der Waals surface area contributed by atoms with E-state index in [-0.39, 0.29) is 0 Å². The van der Waals surface area contributed by atoms with Crippen LogP contribution in [0.1, 0.15) is 17.9 Å². The van der Waals surface area contributed by atoms with Gasteiger partial charge in [-0.2, -0.15) is 0 Å². The second-order valence-corrected chi connectivity index (χ2v) is 5.90. The molecule has 4 atom stereocenters. The lowest BCUT2D eigenvalue weighted by molar-refractivity contribution is -0.0414. The smallest absolute Gasteiger partial charge is 0.0857 e. The summed E-state index contributed by atoms with van der Waals surface area (Å²) in [5, 5.41) is 3.50. The quantitative estimate of drug-likeness (QED) is 0.892. The molecule has 1 aromatic carbocycles. The number of benzene rings is 1. The van der Waals surface area contributed by atoms with E-state index in [1.165, 1.54) is 12.0 Å². The Labute approximate surface area is 115 Å². The minimum Gasteiger partial charge on any atom is -0.374 e. The number of morpholine rings is 1. The molecule has 0 amide bonds. The fourth-order valence-corrected chi connectivity index (χ4v) is 3.40. The first-order valence-electron chi connectivity index (χ1n) is 7.32. The maximum Gasteiger partial charge on any atom is 0.0857 e. The maximum atomic E-state index is 5.98. The molecule has 104 valence electrons. The van der Waals surface area contributed by atoms with Gasteiger partial charge in [-0.3, -0.25) is 0 Å². The van der Waals surface area contributed by atoms with Crippen LogP contribution in [-0.2, 0) is 4.74 Å². The van der Waals surface area contributed by atoms with E-state index in [0.717, 1.165) is 31.5 Å². The van der Waals surface area contributed by atoms with Gasteiger partial charge >= 0.3 is 0 Å². The van der Waals surface area contributed by atoms with Crippen molar-refractivity contribution in [2.75, 3.05) is 33.8 Å². The Hall–Kier alpha value is -0.900. The fraction of sp³-hybridized carbons (Fsp3) is 0.625. The van der Waals surface area contributed by atoms with Gasteiger partial charge in [0.1, 0.15) is 0 Å². The number of nitrogens with zero attached hydrogens (tertiary/aromatic N) is 1. The average molecular weight is 260 g/mol. The highest BCUT2D eigenvalue weighted by atomic mass is 16.5. The summed E-state index contributed by atoms with van der Waals surface area (Å²) in [6.45, 7) is 2.96. The van der Waals surface area contributed by atoms with E-state index in [2.05, 4.69) is 54.6 Å². The molecule has 0 radical (unpaired) electrons. The summed E-state index contributed by atoms with van der Waals surface area (Å²) in [5.41, 5.74) is 1.48. The normalized spacial score (nSPS) is 33.1. The minimum atomic E-state index is 0.336. The number of nitrogens with one attached hydrogen (secondary N) is 1. The fourth-order valence-electron chi connectivity index (χ4n) is 3.40. The van der Waals surface area contributed by atoms with Crippen LogP contribution in [0.5, 0.6) is 0 Å². The Morgan fingerprint density at radius 3 is 2.79 bits per heavy atom. The first-order valence-corrected chi connectivity index (χ1v) is 7.32. The number of ether oxygens (including phenoxy) is 1. The van der Waals surface area contributed by atoms with E-state index in [4.69, 9.17) is 4.74 Å². The Bertz CT molecular complexity index is 408. The molecule has 3 rings (SSSR count). The second kappa shape index (κ2) is 5.61. The lowest BCUT2D eigenvalue weighted by atomic mass is 10.00. The van der Waals surface area contributed by atoms with Crippen molar-refractivity contribution in [2.24, 2.45) is 5.92 Å². The maximum absolute atomic E-state index is 5.98. The summed E-state index contributed by atoms with van der Waals surface area (Å²) in [6.07, 6.45) is 1.63. The number of hydrogen-bond donors (Lipinski definition) is 1. The highest BCUT2D eigenvalue weighted by molar-refractivity contribution is 5.27. The molecular formula is C16H24N2O. The molecule has 19 heavy (non-hydrogen) atoms. The van der Waals surface area contributed by atoms with Crippen LogP contribution >= 0.6 is 0 Å². The van der Waals surface area contributed by atoms with E-state index < -0.39 is 0 Å². The van der Waals surface area contributed by atoms with Crippen LogP contribution in [0, 0.1) is 5.92 Å². The molecule has 1 aliphatic heterocycles. The molecular weight excluding hydrogens is 236 g/mol. The summed E-state index contributed by atoms with van der Waals surface area (Å²) in [4.78, 5) is 2.37. The summed E-state index contributed by atoms with van der Waals surface area (Å²) in [6, 6.07) is 11.4. The van der Waals surface area contributed by atoms with Crippen LogP contribution < -0.4 is 5.32 Å². The summed E-state index contributed by atoms with van der Waals surface area (Å²) in [5.74, 6) is 1.44. The van der Waals surface area contributed by atoms with E-state index in [0.29, 0.717) is 12.1 Å². The molecule has 3 heteroatoms. The van der Waals surface area contributed by atoms with Crippen LogP contribution in [0.2, 0.25) is 0 Å². The monoisotopic (exact) mass is 260 g/mol. The van der Waals surface area contributed by atoms with Crippen molar-refractivity contribution in [1.29, 1.82) is 0 Å². The molecule has 0 spiro atoms. The van der Waals surface area contributed by atoms with Crippen molar-refractivity contribution in [1.82, 2.24) is 10.2 Å². The Morgan fingerprint density at radius 1 is 1.32 bits per heavy atom. The molecule has 0 aromatic heterocycles. The number of rotatable bonds is 4. The van der Waals surface area contributed by atoms with Crippen LogP contribution in [0.3, 0.4) is 0 Å². The highest BCUT2D eigenvalue weighted by Gasteiger charge is 2.46. The third kappa shape index (κ3) is 2.83. The zero-order chi connectivity index (χ0) is 13.2. The van der Waals surface area contributed by atoms with Gasteiger partial charge in [0.05, 0.1) is 12.7 Å². The first-order chi connectivity index (χ1) is 9.29. The SMILES string of the molecule is CNC(C1CN(C)CCO1)C1CC1c1ccccc1. The molecule has 1 heterocycles. The minimum absolute atomic E-state index is 0.336. The molecule has 1 aromatic rings. The van der Waals surface area contributed by atoms with Gasteiger partial charge in [-0.15, -0.1) is 0 Å². The molecule has 1 N–H and O–H groups in total. The molecule has 2 fully saturated rings. The van der Waals surface area contributed by atoms with Crippen molar-refractivity contribution in [3.05, 3.63) is 35.9 Å². The van der Waals surface area contributed by atoms with Crippen LogP contribution in [0.4, 0.5) is 0 Å². The van der Waals surface area contributed by atoms with Gasteiger partial charge in [-0.1, -0.05) is 30.3 Å². The third-order valence-corrected chi connectivity index (χ3v) is 4.56. The van der Waals surface area contributed by atoms with Gasteiger partial charge in [-0.25, -0.2) is 0 Å². The lowest BCUT2D eigenvalue weighted by Gasteiger charge is -2.35. The van der Waals surface area contributed by atoms with Crippen molar-refractivity contribution in [3.8, 4) is 0 Å². The molecule has 3 nitrogen and oxygen atoms in total. The summed E-state index contributed by atoms with van der Waals surface area (Å²) in [7, 11) is 4.26. The molecule has 2 aliphatic rings. The first kappa shape index (κ1) is 13.1. The molecule has 4 unspecified atom stereocenters. The molecule has 0 bridgehead atoms. The second-order valence-electron chi connectivity index (χ2n) is 5.90. The third-order valence-electron chi connectivity index (χ3n) is 4.56. The van der Waals surface area contributed by atoms with Crippen molar-refractivity contribution in [2.45, 2.75) is 24.5 Å². The molecule has 1 saturated carbocycles. The topological polar surface area (TPSA) is 24.5 Å². The predicted octanol–water partition coefficient (Wildman–Crippen LogP) is 1.71. The van der Waals surface area contributed by atoms with Gasteiger partial charge < -0.3 is 15.0 Å². The Balaban J connectivity index is 1.65. The van der Waals surface area contributed by atoms with Gasteiger partial charge in [0, 0.05) is 19.1 Å². The lowest BCUT2D eigenvalue weighted by Crippen LogP contribution is -2.51. The van der Waals surface area contributed by atoms with Crippen molar-refractivity contribution in [3.63, 3.8) is 0 Å². The number of hydrogen-bond acceptors (Lipinski definition) is 3. The van der Waals surface area contributed by atoms with Gasteiger partial charge in [0.25, 0.3) is 0 Å². The van der Waals surface area contributed by atoms with Crippen LogP contribution in [0.15, 0.2) is 30.3 Å². The summed E-state index contributed by atoms with van der Waals surface area (Å²) < 4.78 is 5.98. The average Bonchev–Trinajstić information content (AvgIpc) is 3.21. The standard InChI is InChI=1S/C16H24N2O/c1-17-16(15-11-18(2)8-9-19-15)14-10-13(14)12-6-4-3-5-7-12/h3-7,13-17H,8-11H2,1-2H3. The van der Waals surface area contributed by atoms with Gasteiger partial charge in [-0.05, 0) is 37.9 Å². The highest BCUT2D eigenvalue weighted by Crippen LogP contribution is 2.50. The van der Waals surface area contributed by atoms with Crippen LogP contribution in [0.25, 0.3) is 0 Å². The van der Waals surface area contributed by atoms with Crippen molar-refractivity contribution < 1.29 is 4.74 Å². The van der Waals surface area contributed by atoms with E-state index in [9.17, 15) is 0 Å².